The van der Waals surface area contributed by atoms with Gasteiger partial charge in [-0.25, -0.2) is 0 Å². The third-order valence-corrected chi connectivity index (χ3v) is 8.32. The van der Waals surface area contributed by atoms with Crippen molar-refractivity contribution in [1.29, 1.82) is 0 Å². The van der Waals surface area contributed by atoms with Crippen molar-refractivity contribution in [3.8, 4) is 5.75 Å². The van der Waals surface area contributed by atoms with E-state index in [1.54, 1.807) is 7.11 Å². The molecule has 1 aliphatic rings. The summed E-state index contributed by atoms with van der Waals surface area (Å²) in [5.74, 6) is 0.936. The van der Waals surface area contributed by atoms with Crippen LogP contribution in [-0.4, -0.2) is 40.7 Å². The number of hydrogen-bond acceptors (Lipinski definition) is 4. The molecule has 3 rings (SSSR count). The predicted octanol–water partition coefficient (Wildman–Crippen LogP) is 4.32. The molecule has 2 aromatic rings. The number of esters is 1. The molecule has 0 radical (unpaired) electrons. The number of rotatable bonds is 9. The molecule has 4 nitrogen and oxygen atoms in total. The van der Waals surface area contributed by atoms with Gasteiger partial charge in [-0.05, 0) is 0 Å². The van der Waals surface area contributed by atoms with Gasteiger partial charge in [-0.3, -0.25) is 0 Å². The maximum atomic E-state index is 12.9. The molecule has 0 spiro atoms. The zero-order valence-electron chi connectivity index (χ0n) is 17.5. The van der Waals surface area contributed by atoms with Crippen LogP contribution in [0.5, 0.6) is 5.75 Å². The summed E-state index contributed by atoms with van der Waals surface area (Å²) in [7, 11) is 1.70. The van der Waals surface area contributed by atoms with Gasteiger partial charge in [0.2, 0.25) is 0 Å². The zero-order chi connectivity index (χ0) is 20.6. The van der Waals surface area contributed by atoms with E-state index in [0.717, 1.165) is 24.3 Å². The molecule has 0 amide bonds. The summed E-state index contributed by atoms with van der Waals surface area (Å²) in [5.41, 5.74) is 2.29. The zero-order valence-corrected chi connectivity index (χ0v) is 19.2. The van der Waals surface area contributed by atoms with Gasteiger partial charge in [-0.1, -0.05) is 0 Å². The Balaban J connectivity index is 2.01. The standard InChI is InChI=1S/C24H31NO3Se/c1-4-6-8-13-19-22(24(26)28-5-2)25-21-15-14-17(27-3)16-20(21)23(19)29-18-11-9-7-10-12-18/h7,9-12,14-16,19,22-23,25H,4-6,8,13H2,1-3H3/t19-,22-,23+/m0/s1. The molecule has 0 aliphatic carbocycles. The van der Waals surface area contributed by atoms with Crippen LogP contribution >= 0.6 is 0 Å². The first-order valence-corrected chi connectivity index (χ1v) is 12.3. The first-order chi connectivity index (χ1) is 14.2. The molecule has 156 valence electrons. The molecule has 0 saturated carbocycles. The molecule has 0 aromatic heterocycles. The molecule has 5 heteroatoms. The van der Waals surface area contributed by atoms with Crippen LogP contribution in [-0.2, 0) is 9.53 Å². The number of carbonyl (C=O) groups excluding carboxylic acids is 1. The van der Waals surface area contributed by atoms with Crippen molar-refractivity contribution in [3.05, 3.63) is 54.1 Å². The minimum absolute atomic E-state index is 0.135. The quantitative estimate of drug-likeness (QED) is 0.344. The Bertz CT molecular complexity index is 796. The number of benzene rings is 2. The number of ether oxygens (including phenoxy) is 2. The molecule has 1 heterocycles. The van der Waals surface area contributed by atoms with Crippen molar-refractivity contribution in [2.75, 3.05) is 19.0 Å². The predicted molar refractivity (Wildman–Crippen MR) is 119 cm³/mol. The van der Waals surface area contributed by atoms with Gasteiger partial charge in [0.15, 0.2) is 0 Å². The van der Waals surface area contributed by atoms with Crippen LogP contribution < -0.4 is 14.5 Å². The first kappa shape index (κ1) is 21.7. The van der Waals surface area contributed by atoms with Crippen molar-refractivity contribution < 1.29 is 14.3 Å². The summed E-state index contributed by atoms with van der Waals surface area (Å²) in [6, 6.07) is 16.5. The number of nitrogens with one attached hydrogen (secondary N) is 1. The van der Waals surface area contributed by atoms with Gasteiger partial charge in [0, 0.05) is 0 Å². The first-order valence-electron chi connectivity index (χ1n) is 10.5. The van der Waals surface area contributed by atoms with Crippen LogP contribution in [0.15, 0.2) is 48.5 Å². The van der Waals surface area contributed by atoms with Crippen molar-refractivity contribution >= 4 is 31.1 Å². The normalized spacial score (nSPS) is 20.4. The number of unbranched alkanes of at least 4 members (excludes halogenated alkanes) is 2. The molecule has 1 N–H and O–H groups in total. The van der Waals surface area contributed by atoms with Gasteiger partial charge in [-0.15, -0.1) is 0 Å². The number of hydrogen-bond donors (Lipinski definition) is 1. The fourth-order valence-corrected chi connectivity index (χ4v) is 6.86. The van der Waals surface area contributed by atoms with Gasteiger partial charge in [0.1, 0.15) is 0 Å². The molecule has 29 heavy (non-hydrogen) atoms. The molecule has 0 fully saturated rings. The van der Waals surface area contributed by atoms with E-state index >= 15 is 0 Å². The van der Waals surface area contributed by atoms with E-state index in [9.17, 15) is 4.79 Å². The van der Waals surface area contributed by atoms with E-state index < -0.39 is 0 Å². The molecule has 0 unspecified atom stereocenters. The number of methoxy groups -OCH3 is 1. The van der Waals surface area contributed by atoms with Crippen molar-refractivity contribution in [2.45, 2.75) is 50.4 Å². The maximum absolute atomic E-state index is 12.9. The monoisotopic (exact) mass is 461 g/mol. The van der Waals surface area contributed by atoms with Crippen molar-refractivity contribution in [2.24, 2.45) is 5.92 Å². The van der Waals surface area contributed by atoms with E-state index in [-0.39, 0.29) is 32.9 Å². The van der Waals surface area contributed by atoms with Gasteiger partial charge < -0.3 is 0 Å². The Kier molecular flexibility index (Phi) is 8.02. The van der Waals surface area contributed by atoms with Crippen LogP contribution in [0.2, 0.25) is 0 Å². The van der Waals surface area contributed by atoms with E-state index in [2.05, 4.69) is 48.6 Å². The van der Waals surface area contributed by atoms with E-state index in [4.69, 9.17) is 9.47 Å². The average Bonchev–Trinajstić information content (AvgIpc) is 2.75. The average molecular weight is 460 g/mol. The topological polar surface area (TPSA) is 47.6 Å². The van der Waals surface area contributed by atoms with Crippen molar-refractivity contribution in [1.82, 2.24) is 0 Å². The Morgan fingerprint density at radius 3 is 2.59 bits per heavy atom. The Morgan fingerprint density at radius 1 is 1.10 bits per heavy atom. The Hall–Kier alpha value is -1.97. The fraction of sp³-hybridized carbons (Fsp3) is 0.458. The molecule has 2 aromatic carbocycles. The Labute approximate surface area is 180 Å². The third kappa shape index (κ3) is 5.34. The molecular formula is C24H31NO3Se. The van der Waals surface area contributed by atoms with Crippen LogP contribution in [0, 0.1) is 5.92 Å². The van der Waals surface area contributed by atoms with Crippen LogP contribution in [0.25, 0.3) is 0 Å². The van der Waals surface area contributed by atoms with Crippen molar-refractivity contribution in [3.63, 3.8) is 0 Å². The van der Waals surface area contributed by atoms with Gasteiger partial charge in [0.25, 0.3) is 0 Å². The van der Waals surface area contributed by atoms with E-state index in [1.165, 1.54) is 22.9 Å². The summed E-state index contributed by atoms with van der Waals surface area (Å²) in [4.78, 5) is 13.2. The molecular weight excluding hydrogens is 429 g/mol. The van der Waals surface area contributed by atoms with Crippen LogP contribution in [0.3, 0.4) is 0 Å². The van der Waals surface area contributed by atoms with E-state index in [1.807, 2.05) is 19.1 Å². The van der Waals surface area contributed by atoms with Gasteiger partial charge in [0.05, 0.1) is 0 Å². The summed E-state index contributed by atoms with van der Waals surface area (Å²) < 4.78 is 12.3. The second-order valence-corrected chi connectivity index (χ2v) is 9.89. The molecule has 3 atom stereocenters. The second-order valence-electron chi connectivity index (χ2n) is 7.34. The van der Waals surface area contributed by atoms with Gasteiger partial charge in [-0.2, -0.15) is 0 Å². The number of anilines is 1. The fourth-order valence-electron chi connectivity index (χ4n) is 3.93. The second kappa shape index (κ2) is 10.7. The van der Waals surface area contributed by atoms with Gasteiger partial charge >= 0.3 is 181 Å². The summed E-state index contributed by atoms with van der Waals surface area (Å²) >= 11 is 0.200. The Morgan fingerprint density at radius 2 is 1.90 bits per heavy atom. The molecule has 1 aliphatic heterocycles. The van der Waals surface area contributed by atoms with Crippen LogP contribution in [0.4, 0.5) is 5.69 Å². The summed E-state index contributed by atoms with van der Waals surface area (Å²) in [5, 5.41) is 3.51. The summed E-state index contributed by atoms with van der Waals surface area (Å²) in [6.45, 7) is 4.49. The number of carbonyl (C=O) groups is 1. The molecule has 0 saturated heterocycles. The molecule has 0 bridgehead atoms. The SMILES string of the molecule is CCCCC[C@H]1[C@@H](C(=O)OCC)Nc2ccc(OC)cc2[C@@H]1[Se]c1ccccc1. The third-order valence-electron chi connectivity index (χ3n) is 5.38. The number of fused-ring (bicyclic) bond motifs is 1. The van der Waals surface area contributed by atoms with Crippen LogP contribution in [0.1, 0.15) is 49.9 Å². The summed E-state index contributed by atoms with van der Waals surface area (Å²) in [6.07, 6.45) is 4.49. The minimum atomic E-state index is -0.303. The van der Waals surface area contributed by atoms with E-state index in [0.29, 0.717) is 11.4 Å².